The molecule has 0 aromatic rings. The number of likely N-dealkylation sites (N-methyl/N-ethyl adjacent to an activating group) is 1. The first-order chi connectivity index (χ1) is 30.0. The number of nitrogens with zero attached hydrogens (tertiary/aromatic N) is 1. The van der Waals surface area contributed by atoms with Crippen molar-refractivity contribution in [1.29, 1.82) is 0 Å². The Balaban J connectivity index is 4.17. The Kier molecular flexibility index (Phi) is 45.3. The molecule has 62 heavy (non-hydrogen) atoms. The Bertz CT molecular complexity index is 978. The highest BCUT2D eigenvalue weighted by Gasteiger charge is 2.24. The molecule has 0 saturated carbocycles. The van der Waals surface area contributed by atoms with Crippen molar-refractivity contribution in [2.75, 3.05) is 40.9 Å². The van der Waals surface area contributed by atoms with E-state index in [4.69, 9.17) is 9.05 Å². The molecule has 0 aliphatic rings. The number of phosphoric acid groups is 1. The summed E-state index contributed by atoms with van der Waals surface area (Å²) < 4.78 is 23.4. The van der Waals surface area contributed by atoms with Crippen LogP contribution in [0.2, 0.25) is 0 Å². The van der Waals surface area contributed by atoms with Crippen molar-refractivity contribution in [2.24, 2.45) is 0 Å². The molecule has 0 rings (SSSR count). The van der Waals surface area contributed by atoms with Crippen LogP contribution in [0.5, 0.6) is 0 Å². The minimum atomic E-state index is -4.56. The number of carbonyl (C=O) groups excluding carboxylic acids is 1. The molecule has 0 aromatic heterocycles. The van der Waals surface area contributed by atoms with Gasteiger partial charge in [0.1, 0.15) is 13.2 Å². The second kappa shape index (κ2) is 45.6. The van der Waals surface area contributed by atoms with Crippen LogP contribution in [0.25, 0.3) is 0 Å². The number of unbranched alkanes of at least 4 members (excludes halogenated alkanes) is 38. The smallest absolute Gasteiger partial charge is 0.268 e. The van der Waals surface area contributed by atoms with E-state index in [1.54, 1.807) is 0 Å². The summed E-state index contributed by atoms with van der Waals surface area (Å²) in [6, 6.07) is -0.794. The lowest BCUT2D eigenvalue weighted by Crippen LogP contribution is -2.46. The Hall–Kier alpha value is -0.500. The van der Waals surface area contributed by atoms with Crippen molar-refractivity contribution in [3.8, 4) is 0 Å². The van der Waals surface area contributed by atoms with E-state index in [-0.39, 0.29) is 19.1 Å². The zero-order chi connectivity index (χ0) is 45.7. The summed E-state index contributed by atoms with van der Waals surface area (Å²) >= 11 is 0. The highest BCUT2D eigenvalue weighted by atomic mass is 31.2. The van der Waals surface area contributed by atoms with E-state index in [1.807, 2.05) is 21.1 Å². The Morgan fingerprint density at radius 2 is 0.790 bits per heavy atom. The molecule has 9 heteroatoms. The fourth-order valence-electron chi connectivity index (χ4n) is 8.51. The largest absolute Gasteiger partial charge is 0.756 e. The van der Waals surface area contributed by atoms with Crippen LogP contribution >= 0.6 is 7.82 Å². The van der Waals surface area contributed by atoms with Crippen molar-refractivity contribution < 1.29 is 32.9 Å². The van der Waals surface area contributed by atoms with Crippen LogP contribution in [0.15, 0.2) is 0 Å². The third-order valence-corrected chi connectivity index (χ3v) is 13.8. The Labute approximate surface area is 387 Å². The number of amides is 1. The summed E-state index contributed by atoms with van der Waals surface area (Å²) in [5.74, 6) is -0.157. The van der Waals surface area contributed by atoms with Gasteiger partial charge >= 0.3 is 0 Å². The number of quaternary nitrogens is 1. The second-order valence-corrected chi connectivity index (χ2v) is 21.7. The summed E-state index contributed by atoms with van der Waals surface area (Å²) in [5, 5.41) is 14.0. The molecule has 0 aromatic carbocycles. The topological polar surface area (TPSA) is 108 Å². The van der Waals surface area contributed by atoms with Gasteiger partial charge < -0.3 is 28.8 Å². The summed E-state index contributed by atoms with van der Waals surface area (Å²) in [6.07, 6.45) is 52.6. The molecule has 2 N–H and O–H groups in total. The van der Waals surface area contributed by atoms with Crippen LogP contribution in [0.3, 0.4) is 0 Å². The first kappa shape index (κ1) is 61.5. The number of nitrogens with one attached hydrogen (secondary N) is 1. The minimum Gasteiger partial charge on any atom is -0.756 e. The van der Waals surface area contributed by atoms with Gasteiger partial charge in [-0.3, -0.25) is 9.36 Å². The lowest BCUT2D eigenvalue weighted by molar-refractivity contribution is -0.870. The standard InChI is InChI=1S/C53H109N2O6P/c1-6-8-10-12-14-16-18-20-22-24-26-27-28-29-30-32-34-36-38-40-42-44-46-52(56)51(50-61-62(58,59)60-49-48-55(3,4)5)54-53(57)47-45-43-41-39-37-35-33-31-25-23-21-19-17-15-13-11-9-7-2/h51-52,56H,6-50H2,1-5H3,(H-,54,57,58,59). The third kappa shape index (κ3) is 47.5. The van der Waals surface area contributed by atoms with E-state index in [0.29, 0.717) is 23.9 Å². The molecule has 0 heterocycles. The molecule has 0 fully saturated rings. The third-order valence-electron chi connectivity index (χ3n) is 12.8. The van der Waals surface area contributed by atoms with Crippen LogP contribution in [0, 0.1) is 0 Å². The quantitative estimate of drug-likeness (QED) is 0.0358. The number of phosphoric ester groups is 1. The molecule has 3 atom stereocenters. The first-order valence-electron chi connectivity index (χ1n) is 27.4. The van der Waals surface area contributed by atoms with Crippen molar-refractivity contribution in [2.45, 2.75) is 296 Å². The lowest BCUT2D eigenvalue weighted by Gasteiger charge is -2.30. The number of hydrogen-bond acceptors (Lipinski definition) is 6. The predicted octanol–water partition coefficient (Wildman–Crippen LogP) is 15.5. The van der Waals surface area contributed by atoms with E-state index in [9.17, 15) is 19.4 Å². The zero-order valence-corrected chi connectivity index (χ0v) is 43.3. The fourth-order valence-corrected chi connectivity index (χ4v) is 9.24. The average Bonchev–Trinajstić information content (AvgIpc) is 3.23. The summed E-state index contributed by atoms with van der Waals surface area (Å²) in [6.45, 7) is 4.77. The van der Waals surface area contributed by atoms with Crippen molar-refractivity contribution in [3.63, 3.8) is 0 Å². The molecule has 0 saturated heterocycles. The maximum atomic E-state index is 12.9. The van der Waals surface area contributed by atoms with Gasteiger partial charge in [0.25, 0.3) is 7.82 Å². The van der Waals surface area contributed by atoms with Gasteiger partial charge in [-0.15, -0.1) is 0 Å². The number of carbonyl (C=O) groups is 1. The van der Waals surface area contributed by atoms with Gasteiger partial charge in [-0.1, -0.05) is 264 Å². The van der Waals surface area contributed by atoms with Crippen LogP contribution in [-0.2, 0) is 18.4 Å². The molecule has 0 spiro atoms. The Morgan fingerprint density at radius 1 is 0.500 bits per heavy atom. The molecule has 3 unspecified atom stereocenters. The maximum Gasteiger partial charge on any atom is 0.268 e. The van der Waals surface area contributed by atoms with Gasteiger partial charge in [0.05, 0.1) is 39.9 Å². The fraction of sp³-hybridized carbons (Fsp3) is 0.981. The zero-order valence-electron chi connectivity index (χ0n) is 42.4. The van der Waals surface area contributed by atoms with Gasteiger partial charge in [-0.25, -0.2) is 0 Å². The molecule has 8 nitrogen and oxygen atoms in total. The molecule has 0 bridgehead atoms. The molecule has 0 aliphatic carbocycles. The van der Waals surface area contributed by atoms with Gasteiger partial charge in [0, 0.05) is 6.42 Å². The van der Waals surface area contributed by atoms with Crippen LogP contribution < -0.4 is 10.2 Å². The summed E-state index contributed by atoms with van der Waals surface area (Å²) in [5.41, 5.74) is 0. The maximum absolute atomic E-state index is 12.9. The number of aliphatic hydroxyl groups excluding tert-OH is 1. The lowest BCUT2D eigenvalue weighted by atomic mass is 10.0. The highest BCUT2D eigenvalue weighted by Crippen LogP contribution is 2.38. The molecule has 372 valence electrons. The van der Waals surface area contributed by atoms with E-state index in [0.717, 1.165) is 38.5 Å². The Morgan fingerprint density at radius 3 is 1.10 bits per heavy atom. The molecule has 1 amide bonds. The van der Waals surface area contributed by atoms with Crippen LogP contribution in [0.4, 0.5) is 0 Å². The van der Waals surface area contributed by atoms with Crippen molar-refractivity contribution >= 4 is 13.7 Å². The second-order valence-electron chi connectivity index (χ2n) is 20.3. The van der Waals surface area contributed by atoms with E-state index in [2.05, 4.69) is 19.2 Å². The molecular formula is C53H109N2O6P. The van der Waals surface area contributed by atoms with E-state index in [1.165, 1.54) is 218 Å². The molecule has 0 aliphatic heterocycles. The minimum absolute atomic E-state index is 0.0166. The van der Waals surface area contributed by atoms with Crippen LogP contribution in [-0.4, -0.2) is 68.5 Å². The van der Waals surface area contributed by atoms with Crippen molar-refractivity contribution in [1.82, 2.24) is 5.32 Å². The highest BCUT2D eigenvalue weighted by molar-refractivity contribution is 7.45. The summed E-state index contributed by atoms with van der Waals surface area (Å²) in [4.78, 5) is 25.5. The van der Waals surface area contributed by atoms with Gasteiger partial charge in [-0.2, -0.15) is 0 Å². The molecule has 0 radical (unpaired) electrons. The summed E-state index contributed by atoms with van der Waals surface area (Å²) in [7, 11) is 1.32. The average molecular weight is 901 g/mol. The van der Waals surface area contributed by atoms with E-state index < -0.39 is 20.0 Å². The number of aliphatic hydroxyl groups is 1. The van der Waals surface area contributed by atoms with Crippen molar-refractivity contribution in [3.05, 3.63) is 0 Å². The number of rotatable bonds is 51. The van der Waals surface area contributed by atoms with Gasteiger partial charge in [0.15, 0.2) is 0 Å². The molecular weight excluding hydrogens is 792 g/mol. The van der Waals surface area contributed by atoms with Gasteiger partial charge in [0.2, 0.25) is 5.91 Å². The normalized spacial score (nSPS) is 14.0. The van der Waals surface area contributed by atoms with E-state index >= 15 is 0 Å². The number of hydrogen-bond donors (Lipinski definition) is 2. The van der Waals surface area contributed by atoms with Crippen LogP contribution in [0.1, 0.15) is 284 Å². The van der Waals surface area contributed by atoms with Gasteiger partial charge in [-0.05, 0) is 12.8 Å². The SMILES string of the molecule is CCCCCCCCCCCCCCCCCCCCCCCCC(O)C(COP(=O)([O-])OCC[N+](C)(C)C)NC(=O)CCCCCCCCCCCCCCCCCCCC. The predicted molar refractivity (Wildman–Crippen MR) is 266 cm³/mol. The first-order valence-corrected chi connectivity index (χ1v) is 28.8. The monoisotopic (exact) mass is 901 g/mol.